The average Bonchev–Trinajstić information content (AvgIpc) is 3.07. The van der Waals surface area contributed by atoms with Crippen LogP contribution in [0.4, 0.5) is 22.0 Å². The van der Waals surface area contributed by atoms with Gasteiger partial charge in [0.15, 0.2) is 5.82 Å². The number of fused-ring (bicyclic) bond motifs is 1. The first-order valence-corrected chi connectivity index (χ1v) is 9.93. The maximum atomic E-state index is 12.9. The van der Waals surface area contributed by atoms with E-state index >= 15 is 0 Å². The molecule has 0 aliphatic carbocycles. The van der Waals surface area contributed by atoms with Gasteiger partial charge in [0, 0.05) is 13.0 Å². The van der Waals surface area contributed by atoms with Crippen molar-refractivity contribution in [2.45, 2.75) is 42.8 Å². The maximum absolute atomic E-state index is 12.9. The summed E-state index contributed by atoms with van der Waals surface area (Å²) in [5.41, 5.74) is -0.469. The number of aromatic nitrogens is 3. The maximum Gasteiger partial charge on any atom is 0.392 e. The Morgan fingerprint density at radius 3 is 2.59 bits per heavy atom. The molecule has 1 aromatic carbocycles. The van der Waals surface area contributed by atoms with Gasteiger partial charge in [-0.05, 0) is 18.6 Å². The molecule has 0 bridgehead atoms. The summed E-state index contributed by atoms with van der Waals surface area (Å²) in [4.78, 5) is 11.5. The van der Waals surface area contributed by atoms with Crippen LogP contribution in [-0.2, 0) is 29.3 Å². The number of sulfone groups is 1. The molecule has 0 fully saturated rings. The van der Waals surface area contributed by atoms with E-state index < -0.39 is 44.1 Å². The molecule has 1 aromatic heterocycles. The highest BCUT2D eigenvalue weighted by atomic mass is 32.2. The number of alkyl halides is 5. The van der Waals surface area contributed by atoms with E-state index in [1.807, 2.05) is 0 Å². The summed E-state index contributed by atoms with van der Waals surface area (Å²) in [7, 11) is -4.99. The van der Waals surface area contributed by atoms with Crippen LogP contribution in [0.3, 0.4) is 0 Å². The summed E-state index contributed by atoms with van der Waals surface area (Å²) < 4.78 is 89.2. The first kappa shape index (κ1) is 21.1. The number of hydrogen-bond acceptors (Lipinski definition) is 5. The number of benzene rings is 1. The standard InChI is InChI=1S/C16H15F5N4O3S/c17-15(18)29(27,28)11-4-2-1-3-10(11)14(26)22-8-13-24-23-12-7-9(16(19,20)21)5-6-25(12)13/h1-4,9,15H,5-8H2,(H,22,26). The fourth-order valence-electron chi connectivity index (χ4n) is 3.05. The van der Waals surface area contributed by atoms with Gasteiger partial charge in [0.25, 0.3) is 5.91 Å². The van der Waals surface area contributed by atoms with Crippen LogP contribution in [0.5, 0.6) is 0 Å². The van der Waals surface area contributed by atoms with Crippen molar-refractivity contribution in [3.63, 3.8) is 0 Å². The van der Waals surface area contributed by atoms with Crippen molar-refractivity contribution in [3.05, 3.63) is 41.5 Å². The van der Waals surface area contributed by atoms with Crippen LogP contribution in [0.2, 0.25) is 0 Å². The van der Waals surface area contributed by atoms with Crippen molar-refractivity contribution in [1.82, 2.24) is 20.1 Å². The fourth-order valence-corrected chi connectivity index (χ4v) is 3.98. The van der Waals surface area contributed by atoms with Gasteiger partial charge in [-0.25, -0.2) is 8.42 Å². The van der Waals surface area contributed by atoms with Gasteiger partial charge in [-0.15, -0.1) is 10.2 Å². The molecular formula is C16H15F5N4O3S. The number of carbonyl (C=O) groups excluding carboxylic acids is 1. The molecule has 1 N–H and O–H groups in total. The second-order valence-corrected chi connectivity index (χ2v) is 8.29. The smallest absolute Gasteiger partial charge is 0.345 e. The summed E-state index contributed by atoms with van der Waals surface area (Å²) in [6.07, 6.45) is -4.84. The minimum Gasteiger partial charge on any atom is -0.345 e. The van der Waals surface area contributed by atoms with Gasteiger partial charge in [-0.2, -0.15) is 22.0 Å². The van der Waals surface area contributed by atoms with E-state index in [0.717, 1.165) is 12.1 Å². The third-order valence-electron chi connectivity index (χ3n) is 4.58. The Morgan fingerprint density at radius 2 is 1.93 bits per heavy atom. The van der Waals surface area contributed by atoms with Crippen LogP contribution < -0.4 is 5.32 Å². The third kappa shape index (κ3) is 4.23. The van der Waals surface area contributed by atoms with E-state index in [4.69, 9.17) is 0 Å². The van der Waals surface area contributed by atoms with Gasteiger partial charge in [0.1, 0.15) is 5.82 Å². The van der Waals surface area contributed by atoms with E-state index in [-0.39, 0.29) is 37.6 Å². The topological polar surface area (TPSA) is 93.9 Å². The Labute approximate surface area is 161 Å². The molecule has 158 valence electrons. The highest BCUT2D eigenvalue weighted by molar-refractivity contribution is 7.91. The number of rotatable bonds is 5. The van der Waals surface area contributed by atoms with Crippen molar-refractivity contribution >= 4 is 15.7 Å². The van der Waals surface area contributed by atoms with Crippen LogP contribution in [-0.4, -0.2) is 41.0 Å². The molecule has 0 saturated heterocycles. The zero-order valence-corrected chi connectivity index (χ0v) is 15.5. The molecule has 0 saturated carbocycles. The lowest BCUT2D eigenvalue weighted by Gasteiger charge is -2.25. The molecule has 7 nitrogen and oxygen atoms in total. The van der Waals surface area contributed by atoms with E-state index in [1.54, 1.807) is 0 Å². The molecule has 1 atom stereocenters. The van der Waals surface area contributed by atoms with Crippen molar-refractivity contribution in [3.8, 4) is 0 Å². The highest BCUT2D eigenvalue weighted by Gasteiger charge is 2.42. The minimum absolute atomic E-state index is 0.00800. The van der Waals surface area contributed by atoms with Crippen molar-refractivity contribution in [2.75, 3.05) is 0 Å². The zero-order chi connectivity index (χ0) is 21.4. The van der Waals surface area contributed by atoms with E-state index in [1.165, 1.54) is 16.7 Å². The predicted octanol–water partition coefficient (Wildman–Crippen LogP) is 2.33. The van der Waals surface area contributed by atoms with E-state index in [0.29, 0.717) is 0 Å². The van der Waals surface area contributed by atoms with Crippen LogP contribution in [0.25, 0.3) is 0 Å². The average molecular weight is 438 g/mol. The predicted molar refractivity (Wildman–Crippen MR) is 88.7 cm³/mol. The first-order valence-electron chi connectivity index (χ1n) is 8.38. The Hall–Kier alpha value is -2.57. The minimum atomic E-state index is -4.99. The number of amides is 1. The Bertz CT molecular complexity index is 1020. The summed E-state index contributed by atoms with van der Waals surface area (Å²) >= 11 is 0. The van der Waals surface area contributed by atoms with Crippen LogP contribution in [0.1, 0.15) is 28.4 Å². The first-order chi connectivity index (χ1) is 13.5. The van der Waals surface area contributed by atoms with Gasteiger partial charge >= 0.3 is 11.9 Å². The Balaban J connectivity index is 1.75. The molecule has 0 spiro atoms. The molecule has 3 rings (SSSR count). The Kier molecular flexibility index (Phi) is 5.61. The molecule has 29 heavy (non-hydrogen) atoms. The lowest BCUT2D eigenvalue weighted by Crippen LogP contribution is -2.32. The molecule has 2 heterocycles. The quantitative estimate of drug-likeness (QED) is 0.724. The van der Waals surface area contributed by atoms with Gasteiger partial charge in [-0.1, -0.05) is 12.1 Å². The lowest BCUT2D eigenvalue weighted by atomic mass is 9.97. The summed E-state index contributed by atoms with van der Waals surface area (Å²) in [5.74, 6) is -5.84. The van der Waals surface area contributed by atoms with Crippen molar-refractivity contribution in [2.24, 2.45) is 5.92 Å². The number of nitrogens with zero attached hydrogens (tertiary/aromatic N) is 3. The van der Waals surface area contributed by atoms with Gasteiger partial charge in [0.05, 0.1) is 22.9 Å². The summed E-state index contributed by atoms with van der Waals surface area (Å²) in [5, 5.41) is 9.84. The molecule has 1 aliphatic rings. The van der Waals surface area contributed by atoms with Crippen molar-refractivity contribution < 1.29 is 35.2 Å². The molecular weight excluding hydrogens is 423 g/mol. The van der Waals surface area contributed by atoms with Crippen LogP contribution in [0, 0.1) is 5.92 Å². The highest BCUT2D eigenvalue weighted by Crippen LogP contribution is 2.34. The number of hydrogen-bond donors (Lipinski definition) is 1. The monoisotopic (exact) mass is 438 g/mol. The lowest BCUT2D eigenvalue weighted by molar-refractivity contribution is -0.179. The van der Waals surface area contributed by atoms with Crippen molar-refractivity contribution in [1.29, 1.82) is 0 Å². The van der Waals surface area contributed by atoms with Gasteiger partial charge in [-0.3, -0.25) is 4.79 Å². The summed E-state index contributed by atoms with van der Waals surface area (Å²) in [6.45, 7) is -0.250. The fraction of sp³-hybridized carbons (Fsp3) is 0.438. The molecule has 13 heteroatoms. The molecule has 0 radical (unpaired) electrons. The molecule has 1 aliphatic heterocycles. The van der Waals surface area contributed by atoms with E-state index in [9.17, 15) is 35.2 Å². The number of nitrogens with one attached hydrogen (secondary N) is 1. The molecule has 1 amide bonds. The zero-order valence-electron chi connectivity index (χ0n) is 14.7. The third-order valence-corrected chi connectivity index (χ3v) is 6.02. The SMILES string of the molecule is O=C(NCc1nnc2n1CCC(C(F)(F)F)C2)c1ccccc1S(=O)(=O)C(F)F. The second-order valence-electron chi connectivity index (χ2n) is 6.40. The normalized spacial score (nSPS) is 17.2. The van der Waals surface area contributed by atoms with Crippen LogP contribution in [0.15, 0.2) is 29.2 Å². The summed E-state index contributed by atoms with van der Waals surface area (Å²) in [6, 6.07) is 4.50. The molecule has 1 unspecified atom stereocenters. The largest absolute Gasteiger partial charge is 0.392 e. The van der Waals surface area contributed by atoms with Gasteiger partial charge < -0.3 is 9.88 Å². The number of carbonyl (C=O) groups is 1. The van der Waals surface area contributed by atoms with Crippen LogP contribution >= 0.6 is 0 Å². The van der Waals surface area contributed by atoms with E-state index in [2.05, 4.69) is 15.5 Å². The Morgan fingerprint density at radius 1 is 1.24 bits per heavy atom. The second kappa shape index (κ2) is 7.69. The van der Waals surface area contributed by atoms with Gasteiger partial charge in [0.2, 0.25) is 9.84 Å². The number of halogens is 5. The molecule has 2 aromatic rings.